The number of hydrogen-bond acceptors (Lipinski definition) is 5. The first-order valence-electron chi connectivity index (χ1n) is 9.19. The molecule has 6 heteroatoms. The second-order valence-electron chi connectivity index (χ2n) is 7.08. The van der Waals surface area contributed by atoms with Crippen LogP contribution in [0.3, 0.4) is 0 Å². The molecular weight excluding hydrogens is 328 g/mol. The van der Waals surface area contributed by atoms with Crippen LogP contribution in [0.15, 0.2) is 36.4 Å². The zero-order valence-electron chi connectivity index (χ0n) is 15.1. The van der Waals surface area contributed by atoms with Gasteiger partial charge in [-0.2, -0.15) is 0 Å². The van der Waals surface area contributed by atoms with Gasteiger partial charge >= 0.3 is 0 Å². The highest BCUT2D eigenvalue weighted by Crippen LogP contribution is 2.39. The van der Waals surface area contributed by atoms with Crippen molar-refractivity contribution in [1.29, 1.82) is 0 Å². The molecule has 2 aliphatic heterocycles. The molecule has 0 aliphatic carbocycles. The van der Waals surface area contributed by atoms with Crippen LogP contribution in [0, 0.1) is 17.0 Å². The molecule has 2 aromatic carbocycles. The van der Waals surface area contributed by atoms with Crippen molar-refractivity contribution in [2.45, 2.75) is 19.9 Å². The number of piperazine rings is 1. The van der Waals surface area contributed by atoms with Gasteiger partial charge in [0.2, 0.25) is 0 Å². The van der Waals surface area contributed by atoms with Gasteiger partial charge in [0.25, 0.3) is 5.69 Å². The van der Waals surface area contributed by atoms with Crippen LogP contribution in [0.4, 0.5) is 17.1 Å². The average molecular weight is 352 g/mol. The van der Waals surface area contributed by atoms with Crippen molar-refractivity contribution in [1.82, 2.24) is 4.90 Å². The zero-order chi connectivity index (χ0) is 18.1. The van der Waals surface area contributed by atoms with E-state index in [2.05, 4.69) is 46.3 Å². The number of nitro benzene ring substituents is 1. The molecule has 1 N–H and O–H groups in total. The molecule has 0 radical (unpaired) electrons. The summed E-state index contributed by atoms with van der Waals surface area (Å²) in [6, 6.07) is 12.0. The Bertz CT molecular complexity index is 829. The number of fused-ring (bicyclic) bond motifs is 1. The van der Waals surface area contributed by atoms with E-state index in [1.807, 2.05) is 6.07 Å². The van der Waals surface area contributed by atoms with E-state index < -0.39 is 0 Å². The third-order valence-electron chi connectivity index (χ3n) is 5.49. The summed E-state index contributed by atoms with van der Waals surface area (Å²) in [7, 11) is 0. The maximum Gasteiger partial charge on any atom is 0.292 e. The van der Waals surface area contributed by atoms with E-state index in [0.717, 1.165) is 62.6 Å². The van der Waals surface area contributed by atoms with Crippen LogP contribution in [0.25, 0.3) is 0 Å². The second kappa shape index (κ2) is 6.96. The fourth-order valence-electron chi connectivity index (χ4n) is 4.02. The highest BCUT2D eigenvalue weighted by molar-refractivity contribution is 5.78. The van der Waals surface area contributed by atoms with Gasteiger partial charge in [-0.1, -0.05) is 24.3 Å². The molecule has 0 atom stereocenters. The summed E-state index contributed by atoms with van der Waals surface area (Å²) in [5, 5.41) is 14.9. The summed E-state index contributed by atoms with van der Waals surface area (Å²) in [5.41, 5.74) is 5.89. The number of nitrogens with one attached hydrogen (secondary N) is 1. The molecule has 0 bridgehead atoms. The van der Waals surface area contributed by atoms with Crippen LogP contribution in [0.5, 0.6) is 0 Å². The maximum atomic E-state index is 11.6. The number of anilines is 2. The minimum atomic E-state index is -0.242. The largest absolute Gasteiger partial charge is 0.384 e. The fraction of sp³-hybridized carbons (Fsp3) is 0.400. The van der Waals surface area contributed by atoms with Gasteiger partial charge in [0, 0.05) is 56.6 Å². The predicted molar refractivity (Wildman–Crippen MR) is 104 cm³/mol. The first kappa shape index (κ1) is 16.8. The van der Waals surface area contributed by atoms with Gasteiger partial charge in [-0.05, 0) is 30.5 Å². The van der Waals surface area contributed by atoms with Gasteiger partial charge in [0.1, 0.15) is 5.69 Å². The molecule has 0 unspecified atom stereocenters. The van der Waals surface area contributed by atoms with Gasteiger partial charge in [-0.3, -0.25) is 15.0 Å². The molecule has 0 spiro atoms. The molecule has 136 valence electrons. The molecule has 26 heavy (non-hydrogen) atoms. The monoisotopic (exact) mass is 352 g/mol. The number of rotatable bonds is 4. The van der Waals surface area contributed by atoms with Crippen LogP contribution in [-0.2, 0) is 13.0 Å². The molecule has 2 aliphatic rings. The SMILES string of the molecule is Cc1ccccc1CN1CCN(c2c([N+](=O)[O-])ccc3c2CCN3)CC1. The Morgan fingerprint density at radius 3 is 2.62 bits per heavy atom. The third kappa shape index (κ3) is 3.12. The van der Waals surface area contributed by atoms with Crippen LogP contribution >= 0.6 is 0 Å². The average Bonchev–Trinajstić information content (AvgIpc) is 3.12. The lowest BCUT2D eigenvalue weighted by molar-refractivity contribution is -0.384. The van der Waals surface area contributed by atoms with Crippen LogP contribution in [0.1, 0.15) is 16.7 Å². The maximum absolute atomic E-state index is 11.6. The van der Waals surface area contributed by atoms with Crippen molar-refractivity contribution < 1.29 is 4.92 Å². The van der Waals surface area contributed by atoms with Gasteiger partial charge in [0.15, 0.2) is 0 Å². The minimum Gasteiger partial charge on any atom is -0.384 e. The molecule has 6 nitrogen and oxygen atoms in total. The summed E-state index contributed by atoms with van der Waals surface area (Å²) in [6.07, 6.45) is 0.857. The quantitative estimate of drug-likeness (QED) is 0.676. The number of benzene rings is 2. The molecule has 0 saturated carbocycles. The Morgan fingerprint density at radius 2 is 1.88 bits per heavy atom. The Morgan fingerprint density at radius 1 is 1.12 bits per heavy atom. The highest BCUT2D eigenvalue weighted by Gasteiger charge is 2.29. The van der Waals surface area contributed by atoms with Crippen molar-refractivity contribution in [2.24, 2.45) is 0 Å². The minimum absolute atomic E-state index is 0.236. The number of hydrogen-bond donors (Lipinski definition) is 1. The highest BCUT2D eigenvalue weighted by atomic mass is 16.6. The molecule has 1 saturated heterocycles. The first-order valence-corrected chi connectivity index (χ1v) is 9.19. The summed E-state index contributed by atoms with van der Waals surface area (Å²) in [6.45, 7) is 7.43. The number of aryl methyl sites for hydroxylation is 1. The van der Waals surface area contributed by atoms with Crippen LogP contribution in [0.2, 0.25) is 0 Å². The Labute approximate surface area is 153 Å². The van der Waals surface area contributed by atoms with E-state index in [-0.39, 0.29) is 10.6 Å². The van der Waals surface area contributed by atoms with E-state index in [1.54, 1.807) is 6.07 Å². The van der Waals surface area contributed by atoms with E-state index >= 15 is 0 Å². The van der Waals surface area contributed by atoms with Crippen molar-refractivity contribution in [3.8, 4) is 0 Å². The third-order valence-corrected chi connectivity index (χ3v) is 5.49. The lowest BCUT2D eigenvalue weighted by Gasteiger charge is -2.36. The molecule has 0 aromatic heterocycles. The summed E-state index contributed by atoms with van der Waals surface area (Å²) in [4.78, 5) is 16.0. The lowest BCUT2D eigenvalue weighted by atomic mass is 10.1. The Hall–Kier alpha value is -2.60. The van der Waals surface area contributed by atoms with Crippen molar-refractivity contribution in [3.05, 3.63) is 63.2 Å². The molecular formula is C20H24N4O2. The first-order chi connectivity index (χ1) is 12.6. The van der Waals surface area contributed by atoms with Crippen molar-refractivity contribution in [2.75, 3.05) is 42.9 Å². The van der Waals surface area contributed by atoms with Gasteiger partial charge in [-0.25, -0.2) is 0 Å². The second-order valence-corrected chi connectivity index (χ2v) is 7.08. The lowest BCUT2D eigenvalue weighted by Crippen LogP contribution is -2.46. The molecule has 1 fully saturated rings. The molecule has 2 heterocycles. The molecule has 2 aromatic rings. The Balaban J connectivity index is 1.51. The topological polar surface area (TPSA) is 61.7 Å². The number of nitro groups is 1. The standard InChI is InChI=1S/C20H24N4O2/c1-15-4-2-3-5-16(15)14-22-10-12-23(13-11-22)20-17-8-9-21-18(17)6-7-19(20)24(25)26/h2-7,21H,8-14H2,1H3. The van der Waals surface area contributed by atoms with E-state index in [9.17, 15) is 10.1 Å². The summed E-state index contributed by atoms with van der Waals surface area (Å²) >= 11 is 0. The summed E-state index contributed by atoms with van der Waals surface area (Å²) in [5.74, 6) is 0. The number of nitrogens with zero attached hydrogens (tertiary/aromatic N) is 3. The normalized spacial score (nSPS) is 17.0. The molecule has 0 amide bonds. The van der Waals surface area contributed by atoms with Crippen LogP contribution in [-0.4, -0.2) is 42.5 Å². The fourth-order valence-corrected chi connectivity index (χ4v) is 4.02. The zero-order valence-corrected chi connectivity index (χ0v) is 15.1. The van der Waals surface area contributed by atoms with E-state index in [0.29, 0.717) is 0 Å². The van der Waals surface area contributed by atoms with Gasteiger partial charge < -0.3 is 10.2 Å². The molecule has 4 rings (SSSR count). The summed E-state index contributed by atoms with van der Waals surface area (Å²) < 4.78 is 0. The Kier molecular flexibility index (Phi) is 4.51. The smallest absolute Gasteiger partial charge is 0.292 e. The van der Waals surface area contributed by atoms with E-state index in [1.165, 1.54) is 11.1 Å². The van der Waals surface area contributed by atoms with Crippen molar-refractivity contribution >= 4 is 17.1 Å². The van der Waals surface area contributed by atoms with Crippen LogP contribution < -0.4 is 10.2 Å². The van der Waals surface area contributed by atoms with Gasteiger partial charge in [0.05, 0.1) is 4.92 Å². The van der Waals surface area contributed by atoms with Gasteiger partial charge in [-0.15, -0.1) is 0 Å². The van der Waals surface area contributed by atoms with E-state index in [4.69, 9.17) is 0 Å². The predicted octanol–water partition coefficient (Wildman–Crippen LogP) is 3.19. The van der Waals surface area contributed by atoms with Crippen molar-refractivity contribution in [3.63, 3.8) is 0 Å².